The molecular formula is C13H10N6O. The van der Waals surface area contributed by atoms with E-state index in [1.165, 1.54) is 23.0 Å². The Balaban J connectivity index is 0.000000123. The summed E-state index contributed by atoms with van der Waals surface area (Å²) in [5.74, 6) is 0. The predicted molar refractivity (Wildman–Crippen MR) is 73.1 cm³/mol. The van der Waals surface area contributed by atoms with Gasteiger partial charge in [0.1, 0.15) is 17.5 Å². The van der Waals surface area contributed by atoms with Gasteiger partial charge in [0.2, 0.25) is 0 Å². The zero-order valence-corrected chi connectivity index (χ0v) is 10.3. The molecule has 0 aliphatic rings. The van der Waals surface area contributed by atoms with E-state index in [1.807, 2.05) is 6.07 Å². The number of nitrogens with one attached hydrogen (secondary N) is 1. The molecule has 4 rings (SSSR count). The van der Waals surface area contributed by atoms with Crippen LogP contribution < -0.4 is 5.56 Å². The van der Waals surface area contributed by atoms with Crippen LogP contribution in [0, 0.1) is 0 Å². The van der Waals surface area contributed by atoms with Crippen molar-refractivity contribution in [2.24, 2.45) is 0 Å². The fraction of sp³-hybridized carbons (Fsp3) is 0. The van der Waals surface area contributed by atoms with Gasteiger partial charge in [-0.2, -0.15) is 0 Å². The number of aromatic nitrogens is 6. The molecule has 0 atom stereocenters. The number of pyridine rings is 1. The molecule has 0 unspecified atom stereocenters. The van der Waals surface area contributed by atoms with Crippen LogP contribution in [0.1, 0.15) is 0 Å². The summed E-state index contributed by atoms with van der Waals surface area (Å²) in [6.07, 6.45) is 7.96. The van der Waals surface area contributed by atoms with Crippen LogP contribution in [0.25, 0.3) is 16.8 Å². The third kappa shape index (κ3) is 2.37. The molecule has 7 nitrogen and oxygen atoms in total. The highest BCUT2D eigenvalue weighted by Crippen LogP contribution is 1.99. The maximum absolute atomic E-state index is 11.1. The van der Waals surface area contributed by atoms with Crippen LogP contribution in [0.3, 0.4) is 0 Å². The van der Waals surface area contributed by atoms with E-state index in [4.69, 9.17) is 0 Å². The molecule has 0 bridgehead atoms. The van der Waals surface area contributed by atoms with Crippen molar-refractivity contribution in [2.45, 2.75) is 0 Å². The second kappa shape index (κ2) is 5.27. The van der Waals surface area contributed by atoms with Gasteiger partial charge in [0, 0.05) is 18.5 Å². The quantitative estimate of drug-likeness (QED) is 0.514. The minimum absolute atomic E-state index is 0.0457. The van der Waals surface area contributed by atoms with Crippen LogP contribution in [0.2, 0.25) is 0 Å². The van der Waals surface area contributed by atoms with E-state index < -0.39 is 0 Å². The number of hydrogen-bond acceptors (Lipinski definition) is 5. The zero-order chi connectivity index (χ0) is 13.8. The third-order valence-corrected chi connectivity index (χ3v) is 2.60. The predicted octanol–water partition coefficient (Wildman–Crippen LogP) is 1.05. The first kappa shape index (κ1) is 12.0. The highest BCUT2D eigenvalue weighted by molar-refractivity contribution is 5.67. The van der Waals surface area contributed by atoms with Crippen LogP contribution in [0.5, 0.6) is 0 Å². The fourth-order valence-electron chi connectivity index (χ4n) is 1.67. The van der Waals surface area contributed by atoms with Crippen LogP contribution >= 0.6 is 0 Å². The summed E-state index contributed by atoms with van der Waals surface area (Å²) in [7, 11) is 0. The maximum Gasteiger partial charge on any atom is 0.257 e. The average Bonchev–Trinajstić information content (AvgIpc) is 2.97. The highest BCUT2D eigenvalue weighted by atomic mass is 16.1. The van der Waals surface area contributed by atoms with E-state index in [1.54, 1.807) is 30.9 Å². The number of H-pyrrole nitrogens is 1. The van der Waals surface area contributed by atoms with E-state index in [-0.39, 0.29) is 5.56 Å². The number of aromatic amines is 1. The molecule has 0 aliphatic carbocycles. The Morgan fingerprint density at radius 3 is 2.90 bits per heavy atom. The van der Waals surface area contributed by atoms with E-state index >= 15 is 0 Å². The van der Waals surface area contributed by atoms with Crippen LogP contribution in [-0.2, 0) is 0 Å². The summed E-state index contributed by atoms with van der Waals surface area (Å²) in [6, 6.07) is 6.88. The van der Waals surface area contributed by atoms with Crippen molar-refractivity contribution in [1.29, 1.82) is 0 Å². The van der Waals surface area contributed by atoms with Crippen molar-refractivity contribution in [2.75, 3.05) is 0 Å². The van der Waals surface area contributed by atoms with Gasteiger partial charge in [0.25, 0.3) is 5.56 Å². The van der Waals surface area contributed by atoms with Gasteiger partial charge in [-0.05, 0) is 12.1 Å². The maximum atomic E-state index is 11.1. The summed E-state index contributed by atoms with van der Waals surface area (Å²) >= 11 is 0. The molecule has 0 amide bonds. The Morgan fingerprint density at radius 1 is 1.10 bits per heavy atom. The first-order valence-corrected chi connectivity index (χ1v) is 5.86. The van der Waals surface area contributed by atoms with Crippen molar-refractivity contribution in [3.63, 3.8) is 0 Å². The Kier molecular flexibility index (Phi) is 3.15. The fourth-order valence-corrected chi connectivity index (χ4v) is 1.67. The SMILES string of the molecule is O=c1ccnc2ccccn12.c1ncc2nc[nH]c2n1. The Bertz CT molecular complexity index is 862. The molecule has 1 N–H and O–H groups in total. The van der Waals surface area contributed by atoms with Crippen molar-refractivity contribution < 1.29 is 0 Å². The molecule has 98 valence electrons. The molecule has 0 aliphatic heterocycles. The molecule has 0 aromatic carbocycles. The van der Waals surface area contributed by atoms with Gasteiger partial charge in [-0.3, -0.25) is 9.20 Å². The van der Waals surface area contributed by atoms with Gasteiger partial charge < -0.3 is 4.98 Å². The lowest BCUT2D eigenvalue weighted by molar-refractivity contribution is 1.05. The number of nitrogens with zero attached hydrogens (tertiary/aromatic N) is 5. The van der Waals surface area contributed by atoms with Crippen molar-refractivity contribution in [3.8, 4) is 0 Å². The molecule has 0 radical (unpaired) electrons. The average molecular weight is 266 g/mol. The molecule has 4 aromatic heterocycles. The second-order valence-electron chi connectivity index (χ2n) is 3.87. The standard InChI is InChI=1S/C8H6N2O.C5H4N4/c11-8-4-5-9-7-3-1-2-6-10(7)8;1-4-5(8-2-6-1)9-3-7-4/h1-6H;1-3H,(H,6,7,8,9). The topological polar surface area (TPSA) is 88.8 Å². The van der Waals surface area contributed by atoms with Gasteiger partial charge in [-0.15, -0.1) is 0 Å². The molecule has 0 fully saturated rings. The van der Waals surface area contributed by atoms with Gasteiger partial charge in [-0.1, -0.05) is 6.07 Å². The zero-order valence-electron chi connectivity index (χ0n) is 10.3. The van der Waals surface area contributed by atoms with Crippen molar-refractivity contribution in [3.05, 3.63) is 65.9 Å². The number of hydrogen-bond donors (Lipinski definition) is 1. The Labute approximate surface area is 113 Å². The lowest BCUT2D eigenvalue weighted by atomic mass is 10.4. The summed E-state index contributed by atoms with van der Waals surface area (Å²) in [4.78, 5) is 29.6. The van der Waals surface area contributed by atoms with Gasteiger partial charge in [0.15, 0.2) is 5.65 Å². The number of rotatable bonds is 0. The van der Waals surface area contributed by atoms with Gasteiger partial charge in [-0.25, -0.2) is 19.9 Å². The largest absolute Gasteiger partial charge is 0.329 e. The molecule has 0 saturated carbocycles. The molecule has 4 heterocycles. The molecule has 0 saturated heterocycles. The molecule has 7 heteroatoms. The summed E-state index contributed by atoms with van der Waals surface area (Å²) < 4.78 is 1.50. The van der Waals surface area contributed by atoms with Crippen LogP contribution in [0.15, 0.2) is 60.3 Å². The Hall–Kier alpha value is -3.09. The summed E-state index contributed by atoms with van der Waals surface area (Å²) in [5, 5.41) is 0. The first-order valence-electron chi connectivity index (χ1n) is 5.86. The van der Waals surface area contributed by atoms with Gasteiger partial charge in [0.05, 0.1) is 12.5 Å². The first-order chi connectivity index (χ1) is 9.84. The van der Waals surface area contributed by atoms with E-state index in [0.29, 0.717) is 5.65 Å². The molecule has 20 heavy (non-hydrogen) atoms. The lowest BCUT2D eigenvalue weighted by Crippen LogP contribution is -2.11. The van der Waals surface area contributed by atoms with E-state index in [0.717, 1.165) is 11.2 Å². The van der Waals surface area contributed by atoms with Crippen molar-refractivity contribution in [1.82, 2.24) is 29.3 Å². The summed E-state index contributed by atoms with van der Waals surface area (Å²) in [5.41, 5.74) is 2.22. The number of fused-ring (bicyclic) bond motifs is 2. The molecule has 4 aromatic rings. The molecular weight excluding hydrogens is 256 g/mol. The number of imidazole rings is 1. The van der Waals surface area contributed by atoms with E-state index in [9.17, 15) is 4.79 Å². The normalized spacial score (nSPS) is 10.2. The monoisotopic (exact) mass is 266 g/mol. The van der Waals surface area contributed by atoms with Crippen LogP contribution in [-0.4, -0.2) is 29.3 Å². The summed E-state index contributed by atoms with van der Waals surface area (Å²) in [6.45, 7) is 0. The Morgan fingerprint density at radius 2 is 2.05 bits per heavy atom. The smallest absolute Gasteiger partial charge is 0.257 e. The second-order valence-corrected chi connectivity index (χ2v) is 3.87. The van der Waals surface area contributed by atoms with Crippen LogP contribution in [0.4, 0.5) is 0 Å². The lowest BCUT2D eigenvalue weighted by Gasteiger charge is -1.94. The van der Waals surface area contributed by atoms with E-state index in [2.05, 4.69) is 24.9 Å². The minimum atomic E-state index is -0.0457. The minimum Gasteiger partial charge on any atom is -0.329 e. The highest BCUT2D eigenvalue weighted by Gasteiger charge is 1.91. The molecule has 0 spiro atoms. The third-order valence-electron chi connectivity index (χ3n) is 2.60. The van der Waals surface area contributed by atoms with Gasteiger partial charge >= 0.3 is 0 Å². The van der Waals surface area contributed by atoms with Crippen molar-refractivity contribution >= 4 is 16.8 Å².